The highest BCUT2D eigenvalue weighted by Gasteiger charge is 2.19. The van der Waals surface area contributed by atoms with Crippen LogP contribution in [0.3, 0.4) is 0 Å². The lowest BCUT2D eigenvalue weighted by Gasteiger charge is -2.11. The van der Waals surface area contributed by atoms with E-state index in [1.165, 1.54) is 11.3 Å². The standard InChI is InChI=1S/C13H14Cl2N4OS/c1-3-19(2)13-18-11(16)10(21-13)12(20)17-9-7(14)5-4-6-8(9)15/h4-6H,3,16H2,1-2H3,(H,17,20). The maximum Gasteiger partial charge on any atom is 0.269 e. The number of rotatable bonds is 4. The maximum atomic E-state index is 12.3. The number of nitrogens with one attached hydrogen (secondary N) is 1. The Bertz CT molecular complexity index is 654. The third-order valence-electron chi connectivity index (χ3n) is 2.85. The van der Waals surface area contributed by atoms with Gasteiger partial charge in [0.1, 0.15) is 10.7 Å². The molecule has 5 nitrogen and oxygen atoms in total. The van der Waals surface area contributed by atoms with Gasteiger partial charge in [-0.3, -0.25) is 4.79 Å². The van der Waals surface area contributed by atoms with Crippen LogP contribution in [0.2, 0.25) is 10.0 Å². The minimum atomic E-state index is -0.379. The van der Waals surface area contributed by atoms with Gasteiger partial charge in [-0.2, -0.15) is 0 Å². The van der Waals surface area contributed by atoms with Gasteiger partial charge >= 0.3 is 0 Å². The van der Waals surface area contributed by atoms with Crippen molar-refractivity contribution in [2.45, 2.75) is 6.92 Å². The molecule has 1 amide bonds. The van der Waals surface area contributed by atoms with E-state index in [0.717, 1.165) is 6.54 Å². The van der Waals surface area contributed by atoms with E-state index in [2.05, 4.69) is 10.3 Å². The molecule has 2 aromatic rings. The Morgan fingerprint density at radius 2 is 2.05 bits per heavy atom. The molecule has 1 heterocycles. The van der Waals surface area contributed by atoms with Crippen LogP contribution in [-0.4, -0.2) is 24.5 Å². The minimum Gasteiger partial charge on any atom is -0.382 e. The molecule has 21 heavy (non-hydrogen) atoms. The van der Waals surface area contributed by atoms with Crippen LogP contribution in [0.15, 0.2) is 18.2 Å². The molecule has 1 aromatic carbocycles. The van der Waals surface area contributed by atoms with E-state index in [0.29, 0.717) is 25.7 Å². The number of aromatic nitrogens is 1. The zero-order chi connectivity index (χ0) is 15.6. The Kier molecular flexibility index (Phi) is 4.92. The van der Waals surface area contributed by atoms with Crippen LogP contribution in [0.5, 0.6) is 0 Å². The Hall–Kier alpha value is -1.50. The summed E-state index contributed by atoms with van der Waals surface area (Å²) in [6.07, 6.45) is 0. The molecule has 2 rings (SSSR count). The smallest absolute Gasteiger partial charge is 0.269 e. The molecule has 0 aliphatic carbocycles. The number of nitrogens with two attached hydrogens (primary N) is 1. The van der Waals surface area contributed by atoms with Gasteiger partial charge in [-0.25, -0.2) is 4.98 Å². The van der Waals surface area contributed by atoms with Crippen molar-refractivity contribution in [3.63, 3.8) is 0 Å². The molecular formula is C13H14Cl2N4OS. The van der Waals surface area contributed by atoms with Gasteiger partial charge in [0.25, 0.3) is 5.91 Å². The zero-order valence-electron chi connectivity index (χ0n) is 11.5. The first-order valence-corrected chi connectivity index (χ1v) is 7.74. The molecule has 8 heteroatoms. The van der Waals surface area contributed by atoms with Crippen molar-refractivity contribution in [1.29, 1.82) is 0 Å². The topological polar surface area (TPSA) is 71.2 Å². The highest BCUT2D eigenvalue weighted by atomic mass is 35.5. The predicted octanol–water partition coefficient (Wildman–Crippen LogP) is 3.74. The lowest BCUT2D eigenvalue weighted by Crippen LogP contribution is -2.15. The van der Waals surface area contributed by atoms with Gasteiger partial charge < -0.3 is 16.0 Å². The summed E-state index contributed by atoms with van der Waals surface area (Å²) in [5, 5.41) is 4.09. The molecule has 1 aromatic heterocycles. The highest BCUT2D eigenvalue weighted by molar-refractivity contribution is 7.18. The summed E-state index contributed by atoms with van der Waals surface area (Å²) < 4.78 is 0. The second-order valence-electron chi connectivity index (χ2n) is 4.28. The molecule has 3 N–H and O–H groups in total. The van der Waals surface area contributed by atoms with Crippen molar-refractivity contribution in [3.8, 4) is 0 Å². The lowest BCUT2D eigenvalue weighted by atomic mass is 10.3. The van der Waals surface area contributed by atoms with Crippen LogP contribution in [0.25, 0.3) is 0 Å². The van der Waals surface area contributed by atoms with Crippen molar-refractivity contribution in [2.75, 3.05) is 29.5 Å². The number of halogens is 2. The number of carbonyl (C=O) groups is 1. The van der Waals surface area contributed by atoms with Crippen molar-refractivity contribution >= 4 is 57.1 Å². The van der Waals surface area contributed by atoms with E-state index in [1.54, 1.807) is 18.2 Å². The molecule has 112 valence electrons. The van der Waals surface area contributed by atoms with Crippen molar-refractivity contribution in [1.82, 2.24) is 4.98 Å². The average molecular weight is 345 g/mol. The number of amides is 1. The van der Waals surface area contributed by atoms with E-state index < -0.39 is 0 Å². The van der Waals surface area contributed by atoms with Gasteiger partial charge in [0, 0.05) is 13.6 Å². The fraction of sp³-hybridized carbons (Fsp3) is 0.231. The molecule has 0 unspecified atom stereocenters. The first kappa shape index (κ1) is 15.9. The quantitative estimate of drug-likeness (QED) is 0.886. The number of thiazole rings is 1. The normalized spacial score (nSPS) is 10.5. The third kappa shape index (κ3) is 3.40. The summed E-state index contributed by atoms with van der Waals surface area (Å²) in [5.74, 6) is -0.188. The number of nitrogens with zero attached hydrogens (tertiary/aromatic N) is 2. The molecule has 0 atom stereocenters. The summed E-state index contributed by atoms with van der Waals surface area (Å²) in [5.41, 5.74) is 6.18. The van der Waals surface area contributed by atoms with Crippen LogP contribution >= 0.6 is 34.5 Å². The third-order valence-corrected chi connectivity index (χ3v) is 4.66. The van der Waals surface area contributed by atoms with Crippen LogP contribution in [0.1, 0.15) is 16.6 Å². The van der Waals surface area contributed by atoms with Gasteiger partial charge in [0.05, 0.1) is 15.7 Å². The van der Waals surface area contributed by atoms with Crippen LogP contribution in [0.4, 0.5) is 16.6 Å². The highest BCUT2D eigenvalue weighted by Crippen LogP contribution is 2.32. The van der Waals surface area contributed by atoms with Crippen LogP contribution in [-0.2, 0) is 0 Å². The lowest BCUT2D eigenvalue weighted by molar-refractivity contribution is 0.103. The molecule has 0 fully saturated rings. The number of hydrogen-bond acceptors (Lipinski definition) is 5. The molecule has 0 saturated carbocycles. The van der Waals surface area contributed by atoms with Crippen LogP contribution in [0, 0.1) is 0 Å². The van der Waals surface area contributed by atoms with Gasteiger partial charge in [0.15, 0.2) is 5.13 Å². The number of para-hydroxylation sites is 1. The Balaban J connectivity index is 2.27. The van der Waals surface area contributed by atoms with Crippen LogP contribution < -0.4 is 16.0 Å². The van der Waals surface area contributed by atoms with E-state index in [4.69, 9.17) is 28.9 Å². The number of nitrogen functional groups attached to an aromatic ring is 1. The first-order chi connectivity index (χ1) is 9.93. The summed E-state index contributed by atoms with van der Waals surface area (Å²) in [6, 6.07) is 5.00. The minimum absolute atomic E-state index is 0.191. The fourth-order valence-corrected chi connectivity index (χ4v) is 2.97. The predicted molar refractivity (Wildman–Crippen MR) is 89.9 cm³/mol. The summed E-state index contributed by atoms with van der Waals surface area (Å²) >= 11 is 13.3. The second-order valence-corrected chi connectivity index (χ2v) is 6.07. The second kappa shape index (κ2) is 6.51. The van der Waals surface area contributed by atoms with E-state index in [-0.39, 0.29) is 11.7 Å². The fourth-order valence-electron chi connectivity index (χ4n) is 1.57. The maximum absolute atomic E-state index is 12.3. The molecular weight excluding hydrogens is 331 g/mol. The first-order valence-electron chi connectivity index (χ1n) is 6.16. The largest absolute Gasteiger partial charge is 0.382 e. The van der Waals surface area contributed by atoms with Gasteiger partial charge in [-0.1, -0.05) is 40.6 Å². The number of hydrogen-bond donors (Lipinski definition) is 2. The number of carbonyl (C=O) groups excluding carboxylic acids is 1. The molecule has 0 aliphatic heterocycles. The van der Waals surface area contributed by atoms with E-state index in [1.807, 2.05) is 18.9 Å². The van der Waals surface area contributed by atoms with Gasteiger partial charge in [-0.15, -0.1) is 0 Å². The van der Waals surface area contributed by atoms with Crippen molar-refractivity contribution in [2.24, 2.45) is 0 Å². The molecule has 0 bridgehead atoms. The molecule has 0 aliphatic rings. The molecule has 0 radical (unpaired) electrons. The summed E-state index contributed by atoms with van der Waals surface area (Å²) in [7, 11) is 1.88. The average Bonchev–Trinajstić information content (AvgIpc) is 2.84. The number of benzene rings is 1. The zero-order valence-corrected chi connectivity index (χ0v) is 13.8. The Labute approximate surface area is 136 Å². The van der Waals surface area contributed by atoms with E-state index in [9.17, 15) is 4.79 Å². The number of anilines is 3. The molecule has 0 saturated heterocycles. The summed E-state index contributed by atoms with van der Waals surface area (Å²) in [4.78, 5) is 18.7. The Morgan fingerprint density at radius 1 is 1.43 bits per heavy atom. The van der Waals surface area contributed by atoms with Crippen molar-refractivity contribution in [3.05, 3.63) is 33.1 Å². The van der Waals surface area contributed by atoms with E-state index >= 15 is 0 Å². The monoisotopic (exact) mass is 344 g/mol. The van der Waals surface area contributed by atoms with Crippen molar-refractivity contribution < 1.29 is 4.79 Å². The molecule has 0 spiro atoms. The van der Waals surface area contributed by atoms with Gasteiger partial charge in [-0.05, 0) is 19.1 Å². The SMILES string of the molecule is CCN(C)c1nc(N)c(C(=O)Nc2c(Cl)cccc2Cl)s1. The summed E-state index contributed by atoms with van der Waals surface area (Å²) in [6.45, 7) is 2.76. The van der Waals surface area contributed by atoms with Gasteiger partial charge in [0.2, 0.25) is 0 Å². The Morgan fingerprint density at radius 3 is 2.62 bits per heavy atom.